The maximum absolute atomic E-state index is 11.2. The fourth-order valence-corrected chi connectivity index (χ4v) is 2.84. The number of ether oxygens (including phenoxy) is 2. The molecule has 4 nitrogen and oxygen atoms in total. The van der Waals surface area contributed by atoms with Crippen molar-refractivity contribution in [2.24, 2.45) is 11.3 Å². The predicted molar refractivity (Wildman–Crippen MR) is 60.1 cm³/mol. The highest BCUT2D eigenvalue weighted by atomic mass is 16.5. The molecular weight excluding hydrogens is 206 g/mol. The van der Waals surface area contributed by atoms with Gasteiger partial charge in [-0.1, -0.05) is 0 Å². The minimum absolute atomic E-state index is 0.0994. The summed E-state index contributed by atoms with van der Waals surface area (Å²) in [5.74, 6) is 0.591. The Morgan fingerprint density at radius 2 is 2.31 bits per heavy atom. The van der Waals surface area contributed by atoms with E-state index in [1.807, 2.05) is 0 Å². The van der Waals surface area contributed by atoms with E-state index in [2.05, 4.69) is 11.9 Å². The van der Waals surface area contributed by atoms with Crippen LogP contribution in [0.4, 0.5) is 0 Å². The molecule has 0 bridgehead atoms. The van der Waals surface area contributed by atoms with Gasteiger partial charge in [0, 0.05) is 18.4 Å². The van der Waals surface area contributed by atoms with Crippen molar-refractivity contribution in [3.8, 4) is 0 Å². The van der Waals surface area contributed by atoms with Crippen LogP contribution in [0, 0.1) is 11.3 Å². The molecule has 1 atom stereocenters. The quantitative estimate of drug-likeness (QED) is 0.669. The van der Waals surface area contributed by atoms with Gasteiger partial charge < -0.3 is 14.4 Å². The Kier molecular flexibility index (Phi) is 3.50. The van der Waals surface area contributed by atoms with Gasteiger partial charge in [0.2, 0.25) is 0 Å². The Bertz CT molecular complexity index is 263. The number of rotatable bonds is 4. The highest BCUT2D eigenvalue weighted by Crippen LogP contribution is 2.44. The number of methoxy groups -OCH3 is 1. The zero-order chi connectivity index (χ0) is 11.6. The van der Waals surface area contributed by atoms with Gasteiger partial charge in [0.15, 0.2) is 0 Å². The van der Waals surface area contributed by atoms with Crippen LogP contribution in [-0.2, 0) is 14.3 Å². The molecule has 0 radical (unpaired) electrons. The van der Waals surface area contributed by atoms with Crippen LogP contribution in [0.5, 0.6) is 0 Å². The van der Waals surface area contributed by atoms with Gasteiger partial charge in [0.1, 0.15) is 0 Å². The molecular formula is C12H21NO3. The van der Waals surface area contributed by atoms with Gasteiger partial charge >= 0.3 is 5.97 Å². The molecule has 0 aromatic rings. The van der Waals surface area contributed by atoms with Crippen molar-refractivity contribution in [3.05, 3.63) is 0 Å². The van der Waals surface area contributed by atoms with Gasteiger partial charge in [-0.2, -0.15) is 0 Å². The summed E-state index contributed by atoms with van der Waals surface area (Å²) in [6.07, 6.45) is 2.68. The van der Waals surface area contributed by atoms with E-state index in [4.69, 9.17) is 9.47 Å². The number of esters is 1. The van der Waals surface area contributed by atoms with E-state index in [0.29, 0.717) is 12.3 Å². The van der Waals surface area contributed by atoms with E-state index in [1.165, 1.54) is 20.1 Å². The average molecular weight is 227 g/mol. The topological polar surface area (TPSA) is 38.8 Å². The Labute approximate surface area is 96.9 Å². The largest absolute Gasteiger partial charge is 0.469 e. The van der Waals surface area contributed by atoms with E-state index in [-0.39, 0.29) is 11.4 Å². The van der Waals surface area contributed by atoms with Crippen LogP contribution in [0.2, 0.25) is 0 Å². The van der Waals surface area contributed by atoms with Crippen molar-refractivity contribution in [2.45, 2.75) is 19.3 Å². The molecule has 0 saturated carbocycles. The van der Waals surface area contributed by atoms with E-state index in [9.17, 15) is 4.79 Å². The van der Waals surface area contributed by atoms with Gasteiger partial charge in [0.05, 0.1) is 20.3 Å². The average Bonchev–Trinajstić information content (AvgIpc) is 2.63. The maximum Gasteiger partial charge on any atom is 0.305 e. The van der Waals surface area contributed by atoms with Crippen molar-refractivity contribution in [2.75, 3.05) is 40.5 Å². The van der Waals surface area contributed by atoms with E-state index < -0.39 is 0 Å². The molecule has 2 fully saturated rings. The highest BCUT2D eigenvalue weighted by Gasteiger charge is 2.47. The normalized spacial score (nSPS) is 28.8. The lowest BCUT2D eigenvalue weighted by Crippen LogP contribution is -2.49. The zero-order valence-electron chi connectivity index (χ0n) is 10.2. The van der Waals surface area contributed by atoms with E-state index >= 15 is 0 Å². The van der Waals surface area contributed by atoms with Gasteiger partial charge in [-0.3, -0.25) is 4.79 Å². The summed E-state index contributed by atoms with van der Waals surface area (Å²) >= 11 is 0. The third-order valence-corrected chi connectivity index (χ3v) is 4.09. The zero-order valence-corrected chi connectivity index (χ0v) is 10.2. The first kappa shape index (κ1) is 11.9. The fourth-order valence-electron chi connectivity index (χ4n) is 2.84. The number of carbonyl (C=O) groups excluding carboxylic acids is 1. The third kappa shape index (κ3) is 2.23. The Hall–Kier alpha value is -0.610. The van der Waals surface area contributed by atoms with Gasteiger partial charge in [0.25, 0.3) is 0 Å². The molecule has 2 rings (SSSR count). The SMILES string of the molecule is COC(=O)CCC1(C2CCN(C)C2)COC1. The monoisotopic (exact) mass is 227 g/mol. The van der Waals surface area contributed by atoms with Gasteiger partial charge in [-0.15, -0.1) is 0 Å². The van der Waals surface area contributed by atoms with Crippen molar-refractivity contribution < 1.29 is 14.3 Å². The Morgan fingerprint density at radius 3 is 2.75 bits per heavy atom. The molecule has 2 aliphatic heterocycles. The molecule has 0 amide bonds. The molecule has 0 aromatic carbocycles. The number of hydrogen-bond donors (Lipinski definition) is 0. The summed E-state index contributed by atoms with van der Waals surface area (Å²) in [6, 6.07) is 0. The molecule has 0 aliphatic carbocycles. The third-order valence-electron chi connectivity index (χ3n) is 4.09. The summed E-state index contributed by atoms with van der Waals surface area (Å²) in [7, 11) is 3.61. The van der Waals surface area contributed by atoms with Gasteiger partial charge in [-0.05, 0) is 32.4 Å². The van der Waals surface area contributed by atoms with Crippen molar-refractivity contribution in [3.63, 3.8) is 0 Å². The smallest absolute Gasteiger partial charge is 0.305 e. The van der Waals surface area contributed by atoms with Crippen LogP contribution >= 0.6 is 0 Å². The fraction of sp³-hybridized carbons (Fsp3) is 0.917. The lowest BCUT2D eigenvalue weighted by molar-refractivity contribution is -0.158. The van der Waals surface area contributed by atoms with Crippen LogP contribution in [0.3, 0.4) is 0 Å². The molecule has 2 saturated heterocycles. The number of carbonyl (C=O) groups is 1. The minimum atomic E-state index is -0.0994. The first-order valence-electron chi connectivity index (χ1n) is 5.99. The predicted octanol–water partition coefficient (Wildman–Crippen LogP) is 0.908. The number of nitrogens with zero attached hydrogens (tertiary/aromatic N) is 1. The van der Waals surface area contributed by atoms with Crippen LogP contribution in [0.15, 0.2) is 0 Å². The number of hydrogen-bond acceptors (Lipinski definition) is 4. The van der Waals surface area contributed by atoms with E-state index in [1.54, 1.807) is 0 Å². The summed E-state index contributed by atoms with van der Waals surface area (Å²) in [5, 5.41) is 0. The minimum Gasteiger partial charge on any atom is -0.469 e. The second-order valence-corrected chi connectivity index (χ2v) is 5.18. The molecule has 0 N–H and O–H groups in total. The maximum atomic E-state index is 11.2. The molecule has 2 heterocycles. The second kappa shape index (κ2) is 4.72. The lowest BCUT2D eigenvalue weighted by atomic mass is 9.70. The molecule has 4 heteroatoms. The summed E-state index contributed by atoms with van der Waals surface area (Å²) in [6.45, 7) is 3.96. The van der Waals surface area contributed by atoms with Gasteiger partial charge in [-0.25, -0.2) is 0 Å². The van der Waals surface area contributed by atoms with Crippen molar-refractivity contribution in [1.82, 2.24) is 4.90 Å². The van der Waals surface area contributed by atoms with Crippen LogP contribution < -0.4 is 0 Å². The summed E-state index contributed by atoms with van der Waals surface area (Å²) in [4.78, 5) is 13.6. The Morgan fingerprint density at radius 1 is 1.56 bits per heavy atom. The lowest BCUT2D eigenvalue weighted by Gasteiger charge is -2.46. The van der Waals surface area contributed by atoms with Crippen molar-refractivity contribution >= 4 is 5.97 Å². The molecule has 1 unspecified atom stereocenters. The molecule has 92 valence electrons. The van der Waals surface area contributed by atoms with E-state index in [0.717, 1.165) is 26.2 Å². The van der Waals surface area contributed by atoms with Crippen LogP contribution in [0.1, 0.15) is 19.3 Å². The Balaban J connectivity index is 1.89. The summed E-state index contributed by atoms with van der Waals surface area (Å²) in [5.41, 5.74) is 0.249. The molecule has 2 aliphatic rings. The van der Waals surface area contributed by atoms with Crippen LogP contribution in [-0.4, -0.2) is 51.3 Å². The summed E-state index contributed by atoms with van der Waals surface area (Å²) < 4.78 is 10.1. The first-order valence-corrected chi connectivity index (χ1v) is 5.99. The standard InChI is InChI=1S/C12H21NO3/c1-13-6-4-10(7-13)12(8-16-9-12)5-3-11(14)15-2/h10H,3-9H2,1-2H3. The van der Waals surface area contributed by atoms with Crippen LogP contribution in [0.25, 0.3) is 0 Å². The highest BCUT2D eigenvalue weighted by molar-refractivity contribution is 5.69. The first-order chi connectivity index (χ1) is 7.66. The molecule has 16 heavy (non-hydrogen) atoms. The number of likely N-dealkylation sites (tertiary alicyclic amines) is 1. The molecule has 0 spiro atoms. The van der Waals surface area contributed by atoms with Crippen molar-refractivity contribution in [1.29, 1.82) is 0 Å². The second-order valence-electron chi connectivity index (χ2n) is 5.18. The molecule has 0 aromatic heterocycles.